The lowest BCUT2D eigenvalue weighted by Crippen LogP contribution is -2.13. The van der Waals surface area contributed by atoms with Gasteiger partial charge in [-0.25, -0.2) is 4.79 Å². The minimum Gasteiger partial charge on any atom is -0.478 e. The maximum atomic E-state index is 10.8. The van der Waals surface area contributed by atoms with Crippen molar-refractivity contribution in [3.8, 4) is 0 Å². The number of hydrogen-bond donors (Lipinski definition) is 2. The topological polar surface area (TPSA) is 80.4 Å². The summed E-state index contributed by atoms with van der Waals surface area (Å²) >= 11 is 11.3. The van der Waals surface area contributed by atoms with Gasteiger partial charge in [-0.15, -0.1) is 0 Å². The van der Waals surface area contributed by atoms with Crippen molar-refractivity contribution in [2.45, 2.75) is 0 Å². The third-order valence-electron chi connectivity index (χ3n) is 1.54. The van der Waals surface area contributed by atoms with E-state index in [1.807, 2.05) is 0 Å². The molecule has 0 atom stereocenters. The van der Waals surface area contributed by atoms with Crippen molar-refractivity contribution in [3.63, 3.8) is 0 Å². The molecule has 0 aliphatic heterocycles. The van der Waals surface area contributed by atoms with E-state index in [4.69, 9.17) is 34.0 Å². The molecule has 3 N–H and O–H groups in total. The van der Waals surface area contributed by atoms with Crippen LogP contribution in [0.3, 0.4) is 0 Å². The standard InChI is InChI=1S/C8H5Cl2NO3/c9-4-1-3(8(13)14)2-5(10)6(4)7(11)12/h1-2H,(H2,11,12)(H,13,14). The van der Waals surface area contributed by atoms with Gasteiger partial charge >= 0.3 is 5.97 Å². The number of nitrogens with two attached hydrogens (primary N) is 1. The fraction of sp³-hybridized carbons (Fsp3) is 0. The lowest BCUT2D eigenvalue weighted by atomic mass is 10.1. The number of rotatable bonds is 2. The van der Waals surface area contributed by atoms with Gasteiger partial charge in [-0.2, -0.15) is 0 Å². The van der Waals surface area contributed by atoms with Crippen molar-refractivity contribution in [1.29, 1.82) is 0 Å². The van der Waals surface area contributed by atoms with Crippen LogP contribution in [0.2, 0.25) is 10.0 Å². The summed E-state index contributed by atoms with van der Waals surface area (Å²) in [6, 6.07) is 2.24. The normalized spacial score (nSPS) is 9.86. The van der Waals surface area contributed by atoms with Gasteiger partial charge in [0.15, 0.2) is 0 Å². The summed E-state index contributed by atoms with van der Waals surface area (Å²) < 4.78 is 0. The zero-order valence-corrected chi connectivity index (χ0v) is 8.26. The highest BCUT2D eigenvalue weighted by molar-refractivity contribution is 6.40. The molecule has 1 amide bonds. The smallest absolute Gasteiger partial charge is 0.335 e. The molecule has 0 spiro atoms. The molecular formula is C8H5Cl2NO3. The van der Waals surface area contributed by atoms with Gasteiger partial charge in [0.25, 0.3) is 5.91 Å². The summed E-state index contributed by atoms with van der Waals surface area (Å²) in [6.07, 6.45) is 0. The second-order valence-electron chi connectivity index (χ2n) is 2.48. The van der Waals surface area contributed by atoms with Crippen LogP contribution in [0.4, 0.5) is 0 Å². The SMILES string of the molecule is NC(=O)c1c(Cl)cc(C(=O)O)cc1Cl. The predicted molar refractivity (Wildman–Crippen MR) is 51.9 cm³/mol. The van der Waals surface area contributed by atoms with E-state index in [2.05, 4.69) is 0 Å². The summed E-state index contributed by atoms with van der Waals surface area (Å²) in [5.41, 5.74) is 4.82. The Morgan fingerprint density at radius 2 is 1.64 bits per heavy atom. The van der Waals surface area contributed by atoms with Crippen LogP contribution in [-0.2, 0) is 0 Å². The monoisotopic (exact) mass is 233 g/mol. The number of halogens is 2. The number of carboxylic acid groups (broad SMARTS) is 1. The lowest BCUT2D eigenvalue weighted by Gasteiger charge is -2.03. The van der Waals surface area contributed by atoms with Crippen molar-refractivity contribution >= 4 is 35.1 Å². The number of carbonyl (C=O) groups is 2. The fourth-order valence-corrected chi connectivity index (χ4v) is 1.61. The highest BCUT2D eigenvalue weighted by Crippen LogP contribution is 2.26. The first-order valence-electron chi connectivity index (χ1n) is 3.45. The number of primary amides is 1. The third kappa shape index (κ3) is 1.97. The molecule has 4 nitrogen and oxygen atoms in total. The van der Waals surface area contributed by atoms with Gasteiger partial charge in [0.05, 0.1) is 21.2 Å². The van der Waals surface area contributed by atoms with Gasteiger partial charge in [0.2, 0.25) is 0 Å². The highest BCUT2D eigenvalue weighted by atomic mass is 35.5. The Hall–Kier alpha value is -1.26. The third-order valence-corrected chi connectivity index (χ3v) is 2.13. The summed E-state index contributed by atoms with van der Waals surface area (Å²) in [6.45, 7) is 0. The van der Waals surface area contributed by atoms with E-state index in [1.54, 1.807) is 0 Å². The molecule has 0 heterocycles. The van der Waals surface area contributed by atoms with E-state index in [0.717, 1.165) is 12.1 Å². The highest BCUT2D eigenvalue weighted by Gasteiger charge is 2.15. The minimum atomic E-state index is -1.18. The molecule has 0 saturated carbocycles. The first-order valence-corrected chi connectivity index (χ1v) is 4.21. The maximum absolute atomic E-state index is 10.8. The Labute approximate surface area is 89.2 Å². The van der Waals surface area contributed by atoms with Crippen LogP contribution >= 0.6 is 23.2 Å². The second-order valence-corrected chi connectivity index (χ2v) is 3.30. The number of carbonyl (C=O) groups excluding carboxylic acids is 1. The molecule has 0 aromatic heterocycles. The van der Waals surface area contributed by atoms with E-state index in [-0.39, 0.29) is 21.2 Å². The number of amides is 1. The average molecular weight is 234 g/mol. The Morgan fingerprint density at radius 3 is 1.93 bits per heavy atom. The molecule has 0 radical (unpaired) electrons. The molecule has 0 unspecified atom stereocenters. The summed E-state index contributed by atoms with van der Waals surface area (Å²) in [5, 5.41) is 8.50. The van der Waals surface area contributed by atoms with Gasteiger partial charge in [-0.1, -0.05) is 23.2 Å². The van der Waals surface area contributed by atoms with Gasteiger partial charge in [-0.3, -0.25) is 4.79 Å². The van der Waals surface area contributed by atoms with Crippen molar-refractivity contribution in [1.82, 2.24) is 0 Å². The maximum Gasteiger partial charge on any atom is 0.335 e. The predicted octanol–water partition coefficient (Wildman–Crippen LogP) is 1.79. The number of hydrogen-bond acceptors (Lipinski definition) is 2. The van der Waals surface area contributed by atoms with Crippen LogP contribution in [0.1, 0.15) is 20.7 Å². The Morgan fingerprint density at radius 1 is 1.21 bits per heavy atom. The molecule has 1 rings (SSSR count). The van der Waals surface area contributed by atoms with E-state index in [9.17, 15) is 9.59 Å². The summed E-state index contributed by atoms with van der Waals surface area (Å²) in [7, 11) is 0. The molecule has 74 valence electrons. The molecule has 1 aromatic carbocycles. The molecule has 0 aliphatic rings. The van der Waals surface area contributed by atoms with Crippen molar-refractivity contribution in [2.24, 2.45) is 5.73 Å². The Bertz CT molecular complexity index is 394. The Kier molecular flexibility index (Phi) is 2.98. The zero-order valence-electron chi connectivity index (χ0n) is 6.75. The van der Waals surface area contributed by atoms with Crippen LogP contribution < -0.4 is 5.73 Å². The number of carboxylic acids is 1. The van der Waals surface area contributed by atoms with E-state index in [0.29, 0.717) is 0 Å². The zero-order chi connectivity index (χ0) is 10.9. The first kappa shape index (κ1) is 10.8. The second kappa shape index (κ2) is 3.86. The minimum absolute atomic E-state index is 0.0672. The Balaban J connectivity index is 3.39. The van der Waals surface area contributed by atoms with Gasteiger partial charge in [-0.05, 0) is 12.1 Å². The molecule has 6 heteroatoms. The van der Waals surface area contributed by atoms with Crippen molar-refractivity contribution in [2.75, 3.05) is 0 Å². The van der Waals surface area contributed by atoms with Gasteiger partial charge in [0.1, 0.15) is 0 Å². The van der Waals surface area contributed by atoms with E-state index < -0.39 is 11.9 Å². The summed E-state index contributed by atoms with van der Waals surface area (Å²) in [4.78, 5) is 21.4. The molecule has 0 aliphatic carbocycles. The molecule has 14 heavy (non-hydrogen) atoms. The number of aromatic carboxylic acids is 1. The number of benzene rings is 1. The quantitative estimate of drug-likeness (QED) is 0.818. The van der Waals surface area contributed by atoms with Gasteiger partial charge in [0, 0.05) is 0 Å². The molecule has 0 fully saturated rings. The van der Waals surface area contributed by atoms with Crippen LogP contribution in [0.15, 0.2) is 12.1 Å². The van der Waals surface area contributed by atoms with Crippen LogP contribution in [0, 0.1) is 0 Å². The molecule has 0 bridgehead atoms. The molecule has 0 saturated heterocycles. The van der Waals surface area contributed by atoms with Crippen LogP contribution in [0.5, 0.6) is 0 Å². The van der Waals surface area contributed by atoms with E-state index in [1.165, 1.54) is 0 Å². The molecule has 1 aromatic rings. The largest absolute Gasteiger partial charge is 0.478 e. The van der Waals surface area contributed by atoms with E-state index >= 15 is 0 Å². The fourth-order valence-electron chi connectivity index (χ4n) is 0.932. The summed E-state index contributed by atoms with van der Waals surface area (Å²) in [5.74, 6) is -1.97. The average Bonchev–Trinajstić information content (AvgIpc) is 2.01. The van der Waals surface area contributed by atoms with Crippen LogP contribution in [-0.4, -0.2) is 17.0 Å². The van der Waals surface area contributed by atoms with Gasteiger partial charge < -0.3 is 10.8 Å². The van der Waals surface area contributed by atoms with Crippen LogP contribution in [0.25, 0.3) is 0 Å². The lowest BCUT2D eigenvalue weighted by molar-refractivity contribution is 0.0696. The van der Waals surface area contributed by atoms with Crippen molar-refractivity contribution in [3.05, 3.63) is 33.3 Å². The van der Waals surface area contributed by atoms with Crippen molar-refractivity contribution < 1.29 is 14.7 Å². The molecular weight excluding hydrogens is 229 g/mol. The first-order chi connectivity index (χ1) is 6.43.